The van der Waals surface area contributed by atoms with Crippen molar-refractivity contribution in [3.63, 3.8) is 0 Å². The average Bonchev–Trinajstić information content (AvgIpc) is 2.55. The lowest BCUT2D eigenvalue weighted by molar-refractivity contribution is 0.104. The van der Waals surface area contributed by atoms with Crippen molar-refractivity contribution in [1.82, 2.24) is 0 Å². The SMILES string of the molecule is CC(C)(C)Oc1cc(C=CC(=O)c2ccc(O)cc2)c(C(C)(C)C)c(OC(C)(C)C)c1. The molecule has 0 fully saturated rings. The Bertz CT molecular complexity index is 947. The first kappa shape index (κ1) is 24.5. The van der Waals surface area contributed by atoms with Crippen LogP contribution in [0.25, 0.3) is 6.08 Å². The summed E-state index contributed by atoms with van der Waals surface area (Å²) in [6.07, 6.45) is 3.37. The standard InChI is InChI=1S/C27H36O4/c1-25(2,3)24-19(12-15-22(29)18-10-13-20(28)14-11-18)16-21(30-26(4,5)6)17-23(24)31-27(7,8)9/h10-17,28H,1-9H3. The highest BCUT2D eigenvalue weighted by molar-refractivity contribution is 6.07. The molecule has 0 aliphatic carbocycles. The van der Waals surface area contributed by atoms with E-state index < -0.39 is 0 Å². The van der Waals surface area contributed by atoms with Gasteiger partial charge in [0.25, 0.3) is 0 Å². The van der Waals surface area contributed by atoms with Crippen molar-refractivity contribution in [3.05, 3.63) is 59.2 Å². The summed E-state index contributed by atoms with van der Waals surface area (Å²) in [5.74, 6) is 1.43. The van der Waals surface area contributed by atoms with Gasteiger partial charge in [-0.05, 0) is 88.9 Å². The fourth-order valence-corrected chi connectivity index (χ4v) is 3.26. The molecule has 2 aromatic rings. The number of allylic oxidation sites excluding steroid dienone is 1. The lowest BCUT2D eigenvalue weighted by Gasteiger charge is -2.31. The summed E-state index contributed by atoms with van der Waals surface area (Å²) in [5, 5.41) is 9.46. The molecule has 168 valence electrons. The summed E-state index contributed by atoms with van der Waals surface area (Å²) in [6, 6.07) is 10.1. The number of hydrogen-bond donors (Lipinski definition) is 1. The van der Waals surface area contributed by atoms with Gasteiger partial charge in [-0.1, -0.05) is 26.8 Å². The van der Waals surface area contributed by atoms with E-state index in [-0.39, 0.29) is 28.1 Å². The summed E-state index contributed by atoms with van der Waals surface area (Å²) in [7, 11) is 0. The monoisotopic (exact) mass is 424 g/mol. The normalized spacial score (nSPS) is 12.8. The molecule has 0 unspecified atom stereocenters. The highest BCUT2D eigenvalue weighted by Gasteiger charge is 2.27. The topological polar surface area (TPSA) is 55.8 Å². The van der Waals surface area contributed by atoms with Gasteiger partial charge < -0.3 is 14.6 Å². The van der Waals surface area contributed by atoms with Gasteiger partial charge in [-0.2, -0.15) is 0 Å². The van der Waals surface area contributed by atoms with Crippen LogP contribution in [0.4, 0.5) is 0 Å². The summed E-state index contributed by atoms with van der Waals surface area (Å²) in [5.41, 5.74) is 1.43. The Morgan fingerprint density at radius 3 is 1.87 bits per heavy atom. The Morgan fingerprint density at radius 2 is 1.39 bits per heavy atom. The molecule has 0 radical (unpaired) electrons. The first-order chi connectivity index (χ1) is 14.0. The van der Waals surface area contributed by atoms with E-state index in [0.29, 0.717) is 11.3 Å². The molecule has 0 aliphatic rings. The lowest BCUT2D eigenvalue weighted by atomic mass is 9.82. The van der Waals surface area contributed by atoms with Crippen LogP contribution in [-0.4, -0.2) is 22.1 Å². The lowest BCUT2D eigenvalue weighted by Crippen LogP contribution is -2.27. The molecule has 0 saturated carbocycles. The maximum atomic E-state index is 12.7. The highest BCUT2D eigenvalue weighted by atomic mass is 16.5. The predicted octanol–water partition coefficient (Wildman–Crippen LogP) is 6.94. The number of phenolic OH excluding ortho intramolecular Hbond substituents is 1. The first-order valence-corrected chi connectivity index (χ1v) is 10.6. The maximum Gasteiger partial charge on any atom is 0.185 e. The summed E-state index contributed by atoms with van der Waals surface area (Å²) >= 11 is 0. The minimum atomic E-state index is -0.386. The molecule has 0 atom stereocenters. The van der Waals surface area contributed by atoms with Crippen molar-refractivity contribution in [2.24, 2.45) is 0 Å². The Morgan fingerprint density at radius 1 is 0.839 bits per heavy atom. The smallest absolute Gasteiger partial charge is 0.185 e. The third-order valence-electron chi connectivity index (χ3n) is 4.26. The zero-order chi connectivity index (χ0) is 23.6. The average molecular weight is 425 g/mol. The van der Waals surface area contributed by atoms with Crippen LogP contribution in [0.15, 0.2) is 42.5 Å². The molecule has 2 aromatic carbocycles. The molecule has 0 heterocycles. The third kappa shape index (κ3) is 7.46. The number of ether oxygens (including phenoxy) is 2. The van der Waals surface area contributed by atoms with E-state index in [1.54, 1.807) is 18.2 Å². The molecule has 0 amide bonds. The minimum Gasteiger partial charge on any atom is -0.508 e. The van der Waals surface area contributed by atoms with Gasteiger partial charge in [-0.15, -0.1) is 0 Å². The Balaban J connectivity index is 2.60. The van der Waals surface area contributed by atoms with Gasteiger partial charge in [-0.3, -0.25) is 4.79 Å². The molecule has 0 spiro atoms. The van der Waals surface area contributed by atoms with Gasteiger partial charge in [-0.25, -0.2) is 0 Å². The van der Waals surface area contributed by atoms with Crippen LogP contribution >= 0.6 is 0 Å². The second kappa shape index (κ2) is 8.78. The van der Waals surface area contributed by atoms with Crippen molar-refractivity contribution in [2.45, 2.75) is 78.9 Å². The van der Waals surface area contributed by atoms with E-state index in [9.17, 15) is 9.90 Å². The zero-order valence-corrected chi connectivity index (χ0v) is 20.3. The van der Waals surface area contributed by atoms with Crippen molar-refractivity contribution >= 4 is 11.9 Å². The van der Waals surface area contributed by atoms with E-state index in [1.807, 2.05) is 59.8 Å². The number of hydrogen-bond acceptors (Lipinski definition) is 4. The summed E-state index contributed by atoms with van der Waals surface area (Å²) in [4.78, 5) is 12.7. The van der Waals surface area contributed by atoms with Gasteiger partial charge in [0.1, 0.15) is 28.5 Å². The Labute approximate surface area is 186 Å². The molecule has 31 heavy (non-hydrogen) atoms. The fourth-order valence-electron chi connectivity index (χ4n) is 3.26. The number of benzene rings is 2. The molecule has 0 aromatic heterocycles. The Kier molecular flexibility index (Phi) is 6.94. The van der Waals surface area contributed by atoms with E-state index in [4.69, 9.17) is 9.47 Å². The minimum absolute atomic E-state index is 0.131. The van der Waals surface area contributed by atoms with Crippen LogP contribution in [0.1, 0.15) is 83.8 Å². The fraction of sp³-hybridized carbons (Fsp3) is 0.444. The molecular formula is C27H36O4. The number of aromatic hydroxyl groups is 1. The van der Waals surface area contributed by atoms with Crippen molar-refractivity contribution in [1.29, 1.82) is 0 Å². The molecule has 0 saturated heterocycles. The third-order valence-corrected chi connectivity index (χ3v) is 4.26. The van der Waals surface area contributed by atoms with Crippen LogP contribution in [0.3, 0.4) is 0 Å². The van der Waals surface area contributed by atoms with E-state index in [2.05, 4.69) is 20.8 Å². The van der Waals surface area contributed by atoms with Crippen molar-refractivity contribution < 1.29 is 19.4 Å². The zero-order valence-electron chi connectivity index (χ0n) is 20.3. The van der Waals surface area contributed by atoms with Gasteiger partial charge in [0.15, 0.2) is 5.78 Å². The molecule has 4 heteroatoms. The second-order valence-electron chi connectivity index (χ2n) is 10.8. The van der Waals surface area contributed by atoms with Gasteiger partial charge in [0, 0.05) is 17.2 Å². The van der Waals surface area contributed by atoms with E-state index in [0.717, 1.165) is 16.9 Å². The van der Waals surface area contributed by atoms with Crippen molar-refractivity contribution in [3.8, 4) is 17.2 Å². The van der Waals surface area contributed by atoms with Crippen molar-refractivity contribution in [2.75, 3.05) is 0 Å². The van der Waals surface area contributed by atoms with E-state index in [1.165, 1.54) is 12.1 Å². The quantitative estimate of drug-likeness (QED) is 0.417. The van der Waals surface area contributed by atoms with Crippen LogP contribution < -0.4 is 9.47 Å². The number of rotatable bonds is 5. The molecule has 0 aliphatic heterocycles. The number of phenols is 1. The molecule has 0 bridgehead atoms. The van der Waals surface area contributed by atoms with E-state index >= 15 is 0 Å². The second-order valence-corrected chi connectivity index (χ2v) is 10.8. The summed E-state index contributed by atoms with van der Waals surface area (Å²) < 4.78 is 12.5. The largest absolute Gasteiger partial charge is 0.508 e. The highest BCUT2D eigenvalue weighted by Crippen LogP contribution is 2.40. The Hall–Kier alpha value is -2.75. The molecule has 4 nitrogen and oxygen atoms in total. The van der Waals surface area contributed by atoms with Crippen LogP contribution in [-0.2, 0) is 5.41 Å². The predicted molar refractivity (Wildman–Crippen MR) is 127 cm³/mol. The number of carbonyl (C=O) groups is 1. The number of carbonyl (C=O) groups excluding carboxylic acids is 1. The van der Waals surface area contributed by atoms with Gasteiger partial charge in [0.05, 0.1) is 0 Å². The van der Waals surface area contributed by atoms with Gasteiger partial charge in [0.2, 0.25) is 0 Å². The van der Waals surface area contributed by atoms with Gasteiger partial charge >= 0.3 is 0 Å². The molecule has 1 N–H and O–H groups in total. The van der Waals surface area contributed by atoms with Crippen LogP contribution in [0, 0.1) is 0 Å². The first-order valence-electron chi connectivity index (χ1n) is 10.6. The maximum absolute atomic E-state index is 12.7. The molecular weight excluding hydrogens is 388 g/mol. The van der Waals surface area contributed by atoms with Crippen LogP contribution in [0.5, 0.6) is 17.2 Å². The number of ketones is 1. The van der Waals surface area contributed by atoms with Crippen LogP contribution in [0.2, 0.25) is 0 Å². The molecule has 2 rings (SSSR count). The summed E-state index contributed by atoms with van der Waals surface area (Å²) in [6.45, 7) is 18.4.